The number of piperidine rings is 1. The van der Waals surface area contributed by atoms with Crippen LogP contribution >= 0.6 is 0 Å². The fourth-order valence-corrected chi connectivity index (χ4v) is 4.37. The van der Waals surface area contributed by atoms with Gasteiger partial charge in [0.05, 0.1) is 24.6 Å². The van der Waals surface area contributed by atoms with Gasteiger partial charge in [0.25, 0.3) is 0 Å². The van der Waals surface area contributed by atoms with Crippen molar-refractivity contribution in [2.45, 2.75) is 25.8 Å². The van der Waals surface area contributed by atoms with Crippen LogP contribution in [0.4, 0.5) is 11.5 Å². The molecule has 0 unspecified atom stereocenters. The Bertz CT molecular complexity index is 801. The quantitative estimate of drug-likeness (QED) is 0.838. The SMILES string of the molecule is C[C@@H](C1CCN(c2cc(-c3ccccc3O)nnc2N)CC1)N1CCOCC1. The number of nitrogens with zero attached hydrogens (tertiary/aromatic N) is 4. The van der Waals surface area contributed by atoms with Crippen molar-refractivity contribution < 1.29 is 9.84 Å². The zero-order valence-electron chi connectivity index (χ0n) is 16.4. The fraction of sp³-hybridized carbons (Fsp3) is 0.524. The highest BCUT2D eigenvalue weighted by Gasteiger charge is 2.29. The molecule has 7 heteroatoms. The molecule has 1 atom stereocenters. The summed E-state index contributed by atoms with van der Waals surface area (Å²) in [5, 5.41) is 18.5. The molecule has 1 aromatic heterocycles. The lowest BCUT2D eigenvalue weighted by Gasteiger charge is -2.41. The first-order valence-electron chi connectivity index (χ1n) is 10.1. The molecule has 3 heterocycles. The number of aromatic hydroxyl groups is 1. The molecule has 0 amide bonds. The van der Waals surface area contributed by atoms with Gasteiger partial charge in [0.15, 0.2) is 5.82 Å². The van der Waals surface area contributed by atoms with Gasteiger partial charge in [-0.15, -0.1) is 10.2 Å². The normalized spacial score (nSPS) is 20.2. The van der Waals surface area contributed by atoms with Gasteiger partial charge in [-0.25, -0.2) is 0 Å². The molecule has 2 aliphatic heterocycles. The second-order valence-electron chi connectivity index (χ2n) is 7.73. The van der Waals surface area contributed by atoms with Crippen LogP contribution in [0, 0.1) is 5.92 Å². The minimum Gasteiger partial charge on any atom is -0.507 e. The first-order chi connectivity index (χ1) is 13.6. The Hall–Kier alpha value is -2.38. The number of nitrogen functional groups attached to an aromatic ring is 1. The van der Waals surface area contributed by atoms with Crippen LogP contribution < -0.4 is 10.6 Å². The average molecular weight is 383 g/mol. The molecule has 4 rings (SSSR count). The van der Waals surface area contributed by atoms with E-state index in [-0.39, 0.29) is 5.75 Å². The molecule has 28 heavy (non-hydrogen) atoms. The molecule has 0 bridgehead atoms. The zero-order valence-corrected chi connectivity index (χ0v) is 16.4. The third-order valence-electron chi connectivity index (χ3n) is 6.17. The van der Waals surface area contributed by atoms with Gasteiger partial charge in [-0.2, -0.15) is 0 Å². The molecule has 0 radical (unpaired) electrons. The van der Waals surface area contributed by atoms with E-state index in [0.717, 1.165) is 57.9 Å². The minimum absolute atomic E-state index is 0.200. The number of rotatable bonds is 4. The molecule has 3 N–H and O–H groups in total. The predicted molar refractivity (Wildman–Crippen MR) is 110 cm³/mol. The van der Waals surface area contributed by atoms with Gasteiger partial charge in [0, 0.05) is 37.8 Å². The Morgan fingerprint density at radius 3 is 2.54 bits per heavy atom. The number of nitrogens with two attached hydrogens (primary N) is 1. The summed E-state index contributed by atoms with van der Waals surface area (Å²) in [7, 11) is 0. The highest BCUT2D eigenvalue weighted by atomic mass is 16.5. The molecule has 1 aromatic carbocycles. The predicted octanol–water partition coefficient (Wildman–Crippen LogP) is 2.37. The Morgan fingerprint density at radius 2 is 1.82 bits per heavy atom. The fourth-order valence-electron chi connectivity index (χ4n) is 4.37. The van der Waals surface area contributed by atoms with Crippen LogP contribution in [0.3, 0.4) is 0 Å². The zero-order chi connectivity index (χ0) is 19.5. The van der Waals surface area contributed by atoms with E-state index < -0.39 is 0 Å². The van der Waals surface area contributed by atoms with E-state index >= 15 is 0 Å². The Labute approximate surface area is 166 Å². The van der Waals surface area contributed by atoms with E-state index in [1.54, 1.807) is 12.1 Å². The maximum atomic E-state index is 10.1. The number of aromatic nitrogens is 2. The van der Waals surface area contributed by atoms with Gasteiger partial charge in [0.1, 0.15) is 5.75 Å². The third-order valence-corrected chi connectivity index (χ3v) is 6.17. The van der Waals surface area contributed by atoms with Crippen LogP contribution in [-0.2, 0) is 4.74 Å². The number of ether oxygens (including phenoxy) is 1. The van der Waals surface area contributed by atoms with Crippen LogP contribution in [0.25, 0.3) is 11.3 Å². The molecular formula is C21H29N5O2. The van der Waals surface area contributed by atoms with Crippen molar-refractivity contribution in [2.24, 2.45) is 5.92 Å². The van der Waals surface area contributed by atoms with E-state index in [2.05, 4.69) is 26.9 Å². The van der Waals surface area contributed by atoms with Crippen molar-refractivity contribution in [2.75, 3.05) is 50.0 Å². The lowest BCUT2D eigenvalue weighted by atomic mass is 9.89. The van der Waals surface area contributed by atoms with E-state index in [4.69, 9.17) is 10.5 Å². The summed E-state index contributed by atoms with van der Waals surface area (Å²) in [6.45, 7) is 8.02. The molecule has 150 valence electrons. The average Bonchev–Trinajstić information content (AvgIpc) is 2.75. The minimum atomic E-state index is 0.200. The summed E-state index contributed by atoms with van der Waals surface area (Å²) in [5.41, 5.74) is 8.37. The summed E-state index contributed by atoms with van der Waals surface area (Å²) >= 11 is 0. The Morgan fingerprint density at radius 1 is 1.11 bits per heavy atom. The van der Waals surface area contributed by atoms with Gasteiger partial charge in [-0.1, -0.05) is 12.1 Å². The maximum absolute atomic E-state index is 10.1. The molecule has 0 saturated carbocycles. The maximum Gasteiger partial charge on any atom is 0.169 e. The van der Waals surface area contributed by atoms with E-state index in [9.17, 15) is 5.11 Å². The molecule has 2 aromatic rings. The lowest BCUT2D eigenvalue weighted by Crippen LogP contribution is -2.48. The van der Waals surface area contributed by atoms with Crippen LogP contribution in [0.2, 0.25) is 0 Å². The molecule has 7 nitrogen and oxygen atoms in total. The smallest absolute Gasteiger partial charge is 0.169 e. The van der Waals surface area contributed by atoms with Crippen LogP contribution in [-0.4, -0.2) is 65.6 Å². The lowest BCUT2D eigenvalue weighted by molar-refractivity contribution is 0.00449. The monoisotopic (exact) mass is 383 g/mol. The molecule has 2 saturated heterocycles. The van der Waals surface area contributed by atoms with Crippen molar-refractivity contribution in [3.8, 4) is 17.0 Å². The van der Waals surface area contributed by atoms with Crippen molar-refractivity contribution in [3.05, 3.63) is 30.3 Å². The van der Waals surface area contributed by atoms with Crippen LogP contribution in [0.15, 0.2) is 30.3 Å². The van der Waals surface area contributed by atoms with Gasteiger partial charge >= 0.3 is 0 Å². The topological polar surface area (TPSA) is 87.7 Å². The summed E-state index contributed by atoms with van der Waals surface area (Å²) in [5.74, 6) is 1.33. The van der Waals surface area contributed by atoms with Crippen molar-refractivity contribution in [1.82, 2.24) is 15.1 Å². The molecule has 0 aliphatic carbocycles. The highest BCUT2D eigenvalue weighted by molar-refractivity contribution is 5.74. The highest BCUT2D eigenvalue weighted by Crippen LogP contribution is 2.34. The van der Waals surface area contributed by atoms with E-state index in [0.29, 0.717) is 29.0 Å². The van der Waals surface area contributed by atoms with Crippen molar-refractivity contribution in [3.63, 3.8) is 0 Å². The summed E-state index contributed by atoms with van der Waals surface area (Å²) in [4.78, 5) is 4.86. The number of para-hydroxylation sites is 1. The van der Waals surface area contributed by atoms with Gasteiger partial charge < -0.3 is 20.5 Å². The number of hydrogen-bond acceptors (Lipinski definition) is 7. The Balaban J connectivity index is 1.46. The molecule has 2 fully saturated rings. The summed E-state index contributed by atoms with van der Waals surface area (Å²) in [6, 6.07) is 9.70. The van der Waals surface area contributed by atoms with Crippen molar-refractivity contribution >= 4 is 11.5 Å². The molecular weight excluding hydrogens is 354 g/mol. The number of morpholine rings is 1. The number of anilines is 2. The Kier molecular flexibility index (Phi) is 5.64. The third kappa shape index (κ3) is 3.91. The number of phenolic OH excluding ortho intramolecular Hbond substituents is 1. The van der Waals surface area contributed by atoms with Crippen molar-refractivity contribution in [1.29, 1.82) is 0 Å². The number of hydrogen-bond donors (Lipinski definition) is 2. The van der Waals surface area contributed by atoms with Gasteiger partial charge in [-0.05, 0) is 43.9 Å². The molecule has 2 aliphatic rings. The van der Waals surface area contributed by atoms with E-state index in [1.165, 1.54) is 0 Å². The molecule has 0 spiro atoms. The first kappa shape index (κ1) is 19.0. The van der Waals surface area contributed by atoms with E-state index in [1.807, 2.05) is 18.2 Å². The first-order valence-corrected chi connectivity index (χ1v) is 10.1. The van der Waals surface area contributed by atoms with Crippen LogP contribution in [0.1, 0.15) is 19.8 Å². The largest absolute Gasteiger partial charge is 0.507 e. The number of benzene rings is 1. The standard InChI is InChI=1S/C21H29N5O2/c1-15(25-10-12-28-13-11-25)16-6-8-26(9-7-16)19-14-18(23-24-21(19)22)17-4-2-3-5-20(17)27/h2-5,14-16,27H,6-13H2,1H3,(H2,22,24)/t15-/m0/s1. The van der Waals surface area contributed by atoms with Gasteiger partial charge in [0.2, 0.25) is 0 Å². The van der Waals surface area contributed by atoms with Gasteiger partial charge in [-0.3, -0.25) is 4.90 Å². The summed E-state index contributed by atoms with van der Waals surface area (Å²) < 4.78 is 5.49. The van der Waals surface area contributed by atoms with Crippen LogP contribution in [0.5, 0.6) is 5.75 Å². The second-order valence-corrected chi connectivity index (χ2v) is 7.73. The number of phenols is 1. The second kappa shape index (κ2) is 8.32. The summed E-state index contributed by atoms with van der Waals surface area (Å²) in [6.07, 6.45) is 2.26.